The van der Waals surface area contributed by atoms with E-state index in [1.165, 1.54) is 6.92 Å². The second-order valence-electron chi connectivity index (χ2n) is 5.13. The van der Waals surface area contributed by atoms with Gasteiger partial charge in [-0.3, -0.25) is 9.59 Å². The second-order valence-corrected chi connectivity index (χ2v) is 5.13. The number of benzene rings is 1. The number of nitrogens with zero attached hydrogens (tertiary/aromatic N) is 1. The Morgan fingerprint density at radius 1 is 1.38 bits per heavy atom. The van der Waals surface area contributed by atoms with E-state index in [0.29, 0.717) is 29.8 Å². The van der Waals surface area contributed by atoms with Gasteiger partial charge in [-0.05, 0) is 12.0 Å². The molecule has 7 nitrogen and oxygen atoms in total. The lowest BCUT2D eigenvalue weighted by Crippen LogP contribution is -2.35. The number of phenols is 1. The molecule has 1 aromatic carbocycles. The van der Waals surface area contributed by atoms with E-state index in [1.807, 2.05) is 0 Å². The van der Waals surface area contributed by atoms with Gasteiger partial charge in [-0.25, -0.2) is 0 Å². The van der Waals surface area contributed by atoms with Crippen molar-refractivity contribution < 1.29 is 24.2 Å². The fourth-order valence-electron chi connectivity index (χ4n) is 2.70. The van der Waals surface area contributed by atoms with Crippen LogP contribution in [0.4, 0.5) is 0 Å². The number of ether oxygens (including phenoxy) is 2. The average Bonchev–Trinajstić information content (AvgIpc) is 2.91. The third-order valence-electron chi connectivity index (χ3n) is 3.78. The molecule has 112 valence electrons. The average molecular weight is 292 g/mol. The Labute approximate surface area is 121 Å². The van der Waals surface area contributed by atoms with Gasteiger partial charge in [0.2, 0.25) is 18.4 Å². The van der Waals surface area contributed by atoms with Gasteiger partial charge in [0.15, 0.2) is 11.5 Å². The Balaban J connectivity index is 2.17. The number of aromatic hydroxyl groups is 1. The minimum absolute atomic E-state index is 0.0110. The Morgan fingerprint density at radius 3 is 2.81 bits per heavy atom. The van der Waals surface area contributed by atoms with Crippen molar-refractivity contribution in [1.29, 1.82) is 0 Å². The molecule has 1 aromatic rings. The molecule has 2 N–H and O–H groups in total. The van der Waals surface area contributed by atoms with Crippen LogP contribution in [0.25, 0.3) is 0 Å². The monoisotopic (exact) mass is 292 g/mol. The SMILES string of the molecule is CC(=O)NCc1c2c(c(O)c3c1OCO3)C(=O)N(C)CC2. The van der Waals surface area contributed by atoms with Gasteiger partial charge >= 0.3 is 0 Å². The molecule has 2 aliphatic heterocycles. The van der Waals surface area contributed by atoms with Crippen molar-refractivity contribution in [2.75, 3.05) is 20.4 Å². The van der Waals surface area contributed by atoms with Crippen molar-refractivity contribution in [1.82, 2.24) is 10.2 Å². The summed E-state index contributed by atoms with van der Waals surface area (Å²) in [7, 11) is 1.68. The van der Waals surface area contributed by atoms with Crippen LogP contribution in [0.15, 0.2) is 0 Å². The first-order valence-corrected chi connectivity index (χ1v) is 6.67. The number of hydrogen-bond acceptors (Lipinski definition) is 5. The molecule has 0 saturated carbocycles. The number of likely N-dealkylation sites (N-methyl/N-ethyl adjacent to an activating group) is 1. The predicted octanol–water partition coefficient (Wildman–Crippen LogP) is 0.385. The maximum absolute atomic E-state index is 12.3. The van der Waals surface area contributed by atoms with E-state index in [4.69, 9.17) is 9.47 Å². The maximum atomic E-state index is 12.3. The van der Waals surface area contributed by atoms with Crippen LogP contribution in [-0.4, -0.2) is 42.2 Å². The first-order valence-electron chi connectivity index (χ1n) is 6.67. The zero-order valence-corrected chi connectivity index (χ0v) is 11.9. The van der Waals surface area contributed by atoms with Gasteiger partial charge < -0.3 is 24.8 Å². The van der Waals surface area contributed by atoms with E-state index in [-0.39, 0.29) is 42.2 Å². The molecule has 2 aliphatic rings. The highest BCUT2D eigenvalue weighted by molar-refractivity contribution is 6.01. The lowest BCUT2D eigenvalue weighted by Gasteiger charge is -2.28. The molecule has 0 fully saturated rings. The van der Waals surface area contributed by atoms with Crippen LogP contribution < -0.4 is 14.8 Å². The fourth-order valence-corrected chi connectivity index (χ4v) is 2.70. The van der Waals surface area contributed by atoms with E-state index < -0.39 is 0 Å². The minimum atomic E-state index is -0.254. The summed E-state index contributed by atoms with van der Waals surface area (Å²) in [5.74, 6) is -0.0180. The topological polar surface area (TPSA) is 88.1 Å². The van der Waals surface area contributed by atoms with Gasteiger partial charge in [0, 0.05) is 32.6 Å². The van der Waals surface area contributed by atoms with Gasteiger partial charge in [-0.2, -0.15) is 0 Å². The summed E-state index contributed by atoms with van der Waals surface area (Å²) in [5.41, 5.74) is 1.66. The molecule has 7 heteroatoms. The normalized spacial score (nSPS) is 15.9. The van der Waals surface area contributed by atoms with Crippen molar-refractivity contribution in [3.8, 4) is 17.2 Å². The summed E-state index contributed by atoms with van der Waals surface area (Å²) < 4.78 is 10.7. The van der Waals surface area contributed by atoms with E-state index >= 15 is 0 Å². The summed E-state index contributed by atoms with van der Waals surface area (Å²) >= 11 is 0. The highest BCUT2D eigenvalue weighted by atomic mass is 16.7. The first kappa shape index (κ1) is 13.5. The summed E-state index contributed by atoms with van der Waals surface area (Å²) in [6, 6.07) is 0. The molecule has 0 atom stereocenters. The summed E-state index contributed by atoms with van der Waals surface area (Å²) in [5, 5.41) is 13.0. The standard InChI is InChI=1S/C14H16N2O5/c1-7(17)15-5-9-8-3-4-16(2)14(19)10(8)11(18)13-12(9)20-6-21-13/h18H,3-6H2,1-2H3,(H,15,17). The Morgan fingerprint density at radius 2 is 2.10 bits per heavy atom. The quantitative estimate of drug-likeness (QED) is 0.823. The van der Waals surface area contributed by atoms with Crippen molar-refractivity contribution >= 4 is 11.8 Å². The molecule has 0 bridgehead atoms. The van der Waals surface area contributed by atoms with Crippen LogP contribution in [0.3, 0.4) is 0 Å². The van der Waals surface area contributed by atoms with E-state index in [2.05, 4.69) is 5.32 Å². The highest BCUT2D eigenvalue weighted by Gasteiger charge is 2.35. The highest BCUT2D eigenvalue weighted by Crippen LogP contribution is 2.48. The third kappa shape index (κ3) is 2.05. The molecule has 0 aromatic heterocycles. The number of fused-ring (bicyclic) bond motifs is 2. The Bertz CT molecular complexity index is 641. The number of hydrogen-bond donors (Lipinski definition) is 2. The third-order valence-corrected chi connectivity index (χ3v) is 3.78. The summed E-state index contributed by atoms with van der Waals surface area (Å²) in [6.07, 6.45) is 0.594. The lowest BCUT2D eigenvalue weighted by atomic mass is 9.91. The van der Waals surface area contributed by atoms with Crippen LogP contribution in [0, 0.1) is 0 Å². The van der Waals surface area contributed by atoms with E-state index in [0.717, 1.165) is 0 Å². The number of carbonyl (C=O) groups is 2. The molecular formula is C14H16N2O5. The smallest absolute Gasteiger partial charge is 0.257 e. The molecule has 3 rings (SSSR count). The van der Waals surface area contributed by atoms with Crippen molar-refractivity contribution in [3.63, 3.8) is 0 Å². The molecular weight excluding hydrogens is 276 g/mol. The first-order chi connectivity index (χ1) is 10.0. The van der Waals surface area contributed by atoms with Crippen LogP contribution in [0.2, 0.25) is 0 Å². The molecule has 2 amide bonds. The molecule has 0 saturated heterocycles. The molecule has 0 spiro atoms. The fraction of sp³-hybridized carbons (Fsp3) is 0.429. The number of rotatable bonds is 2. The van der Waals surface area contributed by atoms with Crippen molar-refractivity contribution in [3.05, 3.63) is 16.7 Å². The zero-order valence-electron chi connectivity index (χ0n) is 11.9. The van der Waals surface area contributed by atoms with Crippen LogP contribution >= 0.6 is 0 Å². The van der Waals surface area contributed by atoms with Gasteiger partial charge in [0.25, 0.3) is 5.91 Å². The van der Waals surface area contributed by atoms with Crippen LogP contribution in [0.1, 0.15) is 28.4 Å². The van der Waals surface area contributed by atoms with Crippen molar-refractivity contribution in [2.24, 2.45) is 0 Å². The lowest BCUT2D eigenvalue weighted by molar-refractivity contribution is -0.119. The largest absolute Gasteiger partial charge is 0.504 e. The Kier molecular flexibility index (Phi) is 3.12. The Hall–Kier alpha value is -2.44. The van der Waals surface area contributed by atoms with Crippen LogP contribution in [-0.2, 0) is 17.8 Å². The van der Waals surface area contributed by atoms with Gasteiger partial charge in [0.05, 0.1) is 5.56 Å². The zero-order chi connectivity index (χ0) is 15.1. The molecule has 0 radical (unpaired) electrons. The summed E-state index contributed by atoms with van der Waals surface area (Å²) in [4.78, 5) is 25.0. The minimum Gasteiger partial charge on any atom is -0.504 e. The van der Waals surface area contributed by atoms with Crippen LogP contribution in [0.5, 0.6) is 17.2 Å². The second kappa shape index (κ2) is 4.83. The van der Waals surface area contributed by atoms with Gasteiger partial charge in [-0.15, -0.1) is 0 Å². The van der Waals surface area contributed by atoms with Crippen molar-refractivity contribution in [2.45, 2.75) is 19.9 Å². The predicted molar refractivity (Wildman–Crippen MR) is 72.4 cm³/mol. The number of nitrogens with one attached hydrogen (secondary N) is 1. The number of carbonyl (C=O) groups excluding carboxylic acids is 2. The molecule has 0 aliphatic carbocycles. The molecule has 0 unspecified atom stereocenters. The van der Waals surface area contributed by atoms with Gasteiger partial charge in [-0.1, -0.05) is 0 Å². The van der Waals surface area contributed by atoms with Gasteiger partial charge in [0.1, 0.15) is 0 Å². The summed E-state index contributed by atoms with van der Waals surface area (Å²) in [6.45, 7) is 2.20. The maximum Gasteiger partial charge on any atom is 0.257 e. The molecule has 21 heavy (non-hydrogen) atoms. The van der Waals surface area contributed by atoms with E-state index in [1.54, 1.807) is 11.9 Å². The number of amides is 2. The number of phenolic OH excluding ortho intramolecular Hbond substituents is 1. The molecule has 2 heterocycles. The van der Waals surface area contributed by atoms with E-state index in [9.17, 15) is 14.7 Å².